The molecular weight excluding hydrogens is 322 g/mol. The largest absolute Gasteiger partial charge is 0.481 e. The Bertz CT molecular complexity index is 759. The molecule has 0 radical (unpaired) electrons. The van der Waals surface area contributed by atoms with Gasteiger partial charge in [0.1, 0.15) is 5.75 Å². The van der Waals surface area contributed by atoms with Crippen LogP contribution in [-0.4, -0.2) is 12.0 Å². The Morgan fingerprint density at radius 1 is 1.12 bits per heavy atom. The molecule has 3 nitrogen and oxygen atoms in total. The third-order valence-electron chi connectivity index (χ3n) is 5.09. The molecule has 3 rings (SSSR count). The first-order valence-electron chi connectivity index (χ1n) is 9.50. The molecule has 0 heterocycles. The number of carbonyl (C=O) groups is 1. The number of rotatable bonds is 4. The van der Waals surface area contributed by atoms with Crippen molar-refractivity contribution in [2.75, 3.05) is 0 Å². The standard InChI is InChI=1S/C23H29NO2/c1-16(26-19-14-12-18(13-15-19)23(2,3)4)22(25)24-21-11-7-9-17-8-5-6-10-20(17)21/h5-6,8,10,12-16,21H,7,9,11H2,1-4H3,(H,24,25)/t16-,21-/m0/s1. The van der Waals surface area contributed by atoms with Crippen LogP contribution in [0.1, 0.15) is 63.3 Å². The summed E-state index contributed by atoms with van der Waals surface area (Å²) in [5.74, 6) is 0.663. The van der Waals surface area contributed by atoms with Gasteiger partial charge in [-0.1, -0.05) is 57.2 Å². The lowest BCUT2D eigenvalue weighted by molar-refractivity contribution is -0.128. The minimum absolute atomic E-state index is 0.0633. The number of nitrogens with one attached hydrogen (secondary N) is 1. The number of fused-ring (bicyclic) bond motifs is 1. The first-order valence-corrected chi connectivity index (χ1v) is 9.50. The van der Waals surface area contributed by atoms with Crippen molar-refractivity contribution in [3.8, 4) is 5.75 Å². The fourth-order valence-corrected chi connectivity index (χ4v) is 3.48. The van der Waals surface area contributed by atoms with Gasteiger partial charge in [-0.3, -0.25) is 4.79 Å². The molecule has 2 aromatic rings. The van der Waals surface area contributed by atoms with Gasteiger partial charge in [-0.2, -0.15) is 0 Å². The van der Waals surface area contributed by atoms with Crippen molar-refractivity contribution in [2.45, 2.75) is 64.5 Å². The molecule has 2 atom stereocenters. The van der Waals surface area contributed by atoms with E-state index in [1.165, 1.54) is 16.7 Å². The molecule has 1 aliphatic rings. The predicted molar refractivity (Wildman–Crippen MR) is 105 cm³/mol. The summed E-state index contributed by atoms with van der Waals surface area (Å²) in [4.78, 5) is 12.6. The lowest BCUT2D eigenvalue weighted by Gasteiger charge is -2.27. The highest BCUT2D eigenvalue weighted by Gasteiger charge is 2.24. The average Bonchev–Trinajstić information content (AvgIpc) is 2.61. The third kappa shape index (κ3) is 4.27. The van der Waals surface area contributed by atoms with Crippen LogP contribution in [0.3, 0.4) is 0 Å². The molecule has 0 aliphatic heterocycles. The molecule has 1 amide bonds. The van der Waals surface area contributed by atoms with E-state index in [-0.39, 0.29) is 17.4 Å². The minimum Gasteiger partial charge on any atom is -0.481 e. The highest BCUT2D eigenvalue weighted by Crippen LogP contribution is 2.29. The van der Waals surface area contributed by atoms with Crippen LogP contribution in [0.2, 0.25) is 0 Å². The number of amides is 1. The molecule has 1 N–H and O–H groups in total. The maximum atomic E-state index is 12.6. The Labute approximate surface area is 156 Å². The third-order valence-corrected chi connectivity index (χ3v) is 5.09. The highest BCUT2D eigenvalue weighted by molar-refractivity contribution is 5.81. The summed E-state index contributed by atoms with van der Waals surface area (Å²) < 4.78 is 5.86. The topological polar surface area (TPSA) is 38.3 Å². The SMILES string of the molecule is C[C@H](Oc1ccc(C(C)(C)C)cc1)C(=O)N[C@H]1CCCc2ccccc21. The summed E-state index contributed by atoms with van der Waals surface area (Å²) in [6.45, 7) is 8.35. The molecule has 26 heavy (non-hydrogen) atoms. The van der Waals surface area contributed by atoms with Gasteiger partial charge in [0.15, 0.2) is 6.10 Å². The molecule has 3 heteroatoms. The molecule has 2 aromatic carbocycles. The summed E-state index contributed by atoms with van der Waals surface area (Å²) in [5, 5.41) is 3.17. The number of ether oxygens (including phenoxy) is 1. The molecule has 0 saturated heterocycles. The van der Waals surface area contributed by atoms with Crippen molar-refractivity contribution < 1.29 is 9.53 Å². The molecule has 1 aliphatic carbocycles. The number of aryl methyl sites for hydroxylation is 1. The van der Waals surface area contributed by atoms with E-state index in [0.717, 1.165) is 25.0 Å². The maximum Gasteiger partial charge on any atom is 0.261 e. The Kier molecular flexibility index (Phi) is 5.36. The van der Waals surface area contributed by atoms with Gasteiger partial charge in [-0.05, 0) is 60.4 Å². The van der Waals surface area contributed by atoms with E-state index >= 15 is 0 Å². The Balaban J connectivity index is 1.62. The molecular formula is C23H29NO2. The van der Waals surface area contributed by atoms with E-state index in [1.54, 1.807) is 0 Å². The number of hydrogen-bond acceptors (Lipinski definition) is 2. The molecule has 0 spiro atoms. The van der Waals surface area contributed by atoms with Crippen LogP contribution in [0.5, 0.6) is 5.75 Å². The molecule has 0 unspecified atom stereocenters. The van der Waals surface area contributed by atoms with Crippen molar-refractivity contribution in [3.63, 3.8) is 0 Å². The minimum atomic E-state index is -0.524. The van der Waals surface area contributed by atoms with E-state index < -0.39 is 6.10 Å². The van der Waals surface area contributed by atoms with Crippen LogP contribution < -0.4 is 10.1 Å². The van der Waals surface area contributed by atoms with Crippen LogP contribution >= 0.6 is 0 Å². The number of benzene rings is 2. The van der Waals surface area contributed by atoms with Crippen LogP contribution in [0.25, 0.3) is 0 Å². The van der Waals surface area contributed by atoms with Crippen molar-refractivity contribution >= 4 is 5.91 Å². The monoisotopic (exact) mass is 351 g/mol. The second-order valence-corrected chi connectivity index (χ2v) is 8.19. The Morgan fingerprint density at radius 3 is 2.50 bits per heavy atom. The van der Waals surface area contributed by atoms with Gasteiger partial charge in [0.25, 0.3) is 5.91 Å². The first kappa shape index (κ1) is 18.5. The lowest BCUT2D eigenvalue weighted by atomic mass is 9.87. The normalized spacial score (nSPS) is 17.9. The predicted octanol–water partition coefficient (Wildman–Crippen LogP) is 4.95. The first-order chi connectivity index (χ1) is 12.3. The molecule has 0 saturated carbocycles. The second-order valence-electron chi connectivity index (χ2n) is 8.19. The van der Waals surface area contributed by atoms with Crippen LogP contribution in [0.15, 0.2) is 48.5 Å². The van der Waals surface area contributed by atoms with Crippen LogP contribution in [0, 0.1) is 0 Å². The lowest BCUT2D eigenvalue weighted by Crippen LogP contribution is -2.39. The highest BCUT2D eigenvalue weighted by atomic mass is 16.5. The molecule has 0 aromatic heterocycles. The summed E-state index contributed by atoms with van der Waals surface area (Å²) in [5.41, 5.74) is 3.94. The van der Waals surface area contributed by atoms with E-state index in [1.807, 2.05) is 25.1 Å². The number of carbonyl (C=O) groups excluding carboxylic acids is 1. The quantitative estimate of drug-likeness (QED) is 0.847. The zero-order chi connectivity index (χ0) is 18.7. The van der Waals surface area contributed by atoms with Gasteiger partial charge in [-0.25, -0.2) is 0 Å². The van der Waals surface area contributed by atoms with Crippen molar-refractivity contribution in [3.05, 3.63) is 65.2 Å². The smallest absolute Gasteiger partial charge is 0.261 e. The van der Waals surface area contributed by atoms with Gasteiger partial charge < -0.3 is 10.1 Å². The van der Waals surface area contributed by atoms with Gasteiger partial charge in [0, 0.05) is 0 Å². The molecule has 138 valence electrons. The van der Waals surface area contributed by atoms with Crippen LogP contribution in [0.4, 0.5) is 0 Å². The zero-order valence-corrected chi connectivity index (χ0v) is 16.2. The van der Waals surface area contributed by atoms with Crippen molar-refractivity contribution in [2.24, 2.45) is 0 Å². The summed E-state index contributed by atoms with van der Waals surface area (Å²) in [6, 6.07) is 16.5. The maximum absolute atomic E-state index is 12.6. The fraction of sp³-hybridized carbons (Fsp3) is 0.435. The van der Waals surface area contributed by atoms with E-state index in [4.69, 9.17) is 4.74 Å². The number of hydrogen-bond donors (Lipinski definition) is 1. The van der Waals surface area contributed by atoms with Gasteiger partial charge in [-0.15, -0.1) is 0 Å². The molecule has 0 bridgehead atoms. The van der Waals surface area contributed by atoms with Gasteiger partial charge >= 0.3 is 0 Å². The fourth-order valence-electron chi connectivity index (χ4n) is 3.48. The summed E-state index contributed by atoms with van der Waals surface area (Å²) in [6.07, 6.45) is 2.65. The van der Waals surface area contributed by atoms with Crippen molar-refractivity contribution in [1.29, 1.82) is 0 Å². The summed E-state index contributed by atoms with van der Waals surface area (Å²) >= 11 is 0. The Hall–Kier alpha value is -2.29. The van der Waals surface area contributed by atoms with Crippen LogP contribution in [-0.2, 0) is 16.6 Å². The van der Waals surface area contributed by atoms with Gasteiger partial charge in [0.2, 0.25) is 0 Å². The molecule has 0 fully saturated rings. The van der Waals surface area contributed by atoms with E-state index in [2.05, 4.69) is 56.4 Å². The van der Waals surface area contributed by atoms with E-state index in [0.29, 0.717) is 0 Å². The van der Waals surface area contributed by atoms with Gasteiger partial charge in [0.05, 0.1) is 6.04 Å². The second kappa shape index (κ2) is 7.53. The Morgan fingerprint density at radius 2 is 1.81 bits per heavy atom. The average molecular weight is 351 g/mol. The zero-order valence-electron chi connectivity index (χ0n) is 16.2. The van der Waals surface area contributed by atoms with E-state index in [9.17, 15) is 4.79 Å². The van der Waals surface area contributed by atoms with Crippen molar-refractivity contribution in [1.82, 2.24) is 5.32 Å². The summed E-state index contributed by atoms with van der Waals surface area (Å²) in [7, 11) is 0.